The number of hydrogen-bond acceptors (Lipinski definition) is 4. The van der Waals surface area contributed by atoms with Crippen LogP contribution in [0.2, 0.25) is 0 Å². The number of amides is 2. The van der Waals surface area contributed by atoms with Gasteiger partial charge < -0.3 is 9.80 Å². The van der Waals surface area contributed by atoms with E-state index in [9.17, 15) is 9.59 Å². The number of piperazine rings is 1. The second-order valence-electron chi connectivity index (χ2n) is 7.94. The lowest BCUT2D eigenvalue weighted by atomic mass is 9.94. The fourth-order valence-electron chi connectivity index (χ4n) is 4.49. The zero-order chi connectivity index (χ0) is 17.8. The van der Waals surface area contributed by atoms with Gasteiger partial charge in [0.2, 0.25) is 11.8 Å². The molecule has 1 atom stereocenters. The van der Waals surface area contributed by atoms with Crippen LogP contribution in [-0.4, -0.2) is 83.3 Å². The molecule has 0 aromatic carbocycles. The number of carbonyl (C=O) groups is 2. The summed E-state index contributed by atoms with van der Waals surface area (Å²) in [6.45, 7) is 8.95. The molecule has 1 saturated carbocycles. The summed E-state index contributed by atoms with van der Waals surface area (Å²) in [4.78, 5) is 32.0. The standard InChI is InChI=1S/C19H33N3O2S/c1-15(2)18(23)21-9-7-20(8-10-21)17(16-5-3-4-6-16)19(24)22-11-13-25-14-12-22/h15-17H,3-14H2,1-2H3. The first-order valence-electron chi connectivity index (χ1n) is 9.97. The van der Waals surface area contributed by atoms with Crippen LogP contribution in [0.25, 0.3) is 0 Å². The van der Waals surface area contributed by atoms with E-state index in [1.807, 2.05) is 30.5 Å². The van der Waals surface area contributed by atoms with Crippen LogP contribution in [0.1, 0.15) is 39.5 Å². The van der Waals surface area contributed by atoms with Gasteiger partial charge in [-0.25, -0.2) is 0 Å². The van der Waals surface area contributed by atoms with Crippen molar-refractivity contribution < 1.29 is 9.59 Å². The molecule has 2 aliphatic heterocycles. The molecule has 2 heterocycles. The maximum atomic E-state index is 13.3. The first-order chi connectivity index (χ1) is 12.1. The van der Waals surface area contributed by atoms with Crippen molar-refractivity contribution in [2.75, 3.05) is 50.8 Å². The van der Waals surface area contributed by atoms with Crippen molar-refractivity contribution in [1.82, 2.24) is 14.7 Å². The smallest absolute Gasteiger partial charge is 0.240 e. The van der Waals surface area contributed by atoms with Gasteiger partial charge in [-0.15, -0.1) is 0 Å². The Morgan fingerprint density at radius 2 is 1.40 bits per heavy atom. The molecule has 3 fully saturated rings. The number of hydrogen-bond donors (Lipinski definition) is 0. The van der Waals surface area contributed by atoms with Gasteiger partial charge in [0.15, 0.2) is 0 Å². The normalized spacial score (nSPS) is 24.8. The summed E-state index contributed by atoms with van der Waals surface area (Å²) < 4.78 is 0. The summed E-state index contributed by atoms with van der Waals surface area (Å²) in [7, 11) is 0. The van der Waals surface area contributed by atoms with Gasteiger partial charge in [-0.2, -0.15) is 11.8 Å². The van der Waals surface area contributed by atoms with E-state index in [0.29, 0.717) is 11.8 Å². The van der Waals surface area contributed by atoms with Crippen LogP contribution in [0.15, 0.2) is 0 Å². The molecule has 5 nitrogen and oxygen atoms in total. The molecule has 0 spiro atoms. The second kappa shape index (κ2) is 8.76. The minimum atomic E-state index is 0.0434. The van der Waals surface area contributed by atoms with E-state index in [1.54, 1.807) is 0 Å². The van der Waals surface area contributed by atoms with E-state index in [-0.39, 0.29) is 17.9 Å². The second-order valence-corrected chi connectivity index (χ2v) is 9.17. The molecule has 2 saturated heterocycles. The number of thioether (sulfide) groups is 1. The van der Waals surface area contributed by atoms with Crippen molar-refractivity contribution in [2.45, 2.75) is 45.6 Å². The van der Waals surface area contributed by atoms with Gasteiger partial charge in [0.05, 0.1) is 6.04 Å². The van der Waals surface area contributed by atoms with E-state index in [2.05, 4.69) is 9.80 Å². The molecule has 25 heavy (non-hydrogen) atoms. The Balaban J connectivity index is 1.65. The van der Waals surface area contributed by atoms with Crippen LogP contribution < -0.4 is 0 Å². The van der Waals surface area contributed by atoms with Gasteiger partial charge >= 0.3 is 0 Å². The Morgan fingerprint density at radius 3 is 1.96 bits per heavy atom. The first-order valence-corrected chi connectivity index (χ1v) is 11.1. The fourth-order valence-corrected chi connectivity index (χ4v) is 5.39. The van der Waals surface area contributed by atoms with Gasteiger partial charge in [0.1, 0.15) is 0 Å². The topological polar surface area (TPSA) is 43.9 Å². The fraction of sp³-hybridized carbons (Fsp3) is 0.895. The Hall–Kier alpha value is -0.750. The van der Waals surface area contributed by atoms with E-state index >= 15 is 0 Å². The Kier molecular flexibility index (Phi) is 6.67. The molecule has 0 aromatic rings. The maximum Gasteiger partial charge on any atom is 0.240 e. The minimum absolute atomic E-state index is 0.0434. The number of nitrogens with zero attached hydrogens (tertiary/aromatic N) is 3. The summed E-state index contributed by atoms with van der Waals surface area (Å²) in [5, 5.41) is 0. The molecular weight excluding hydrogens is 334 g/mol. The van der Waals surface area contributed by atoms with Crippen molar-refractivity contribution >= 4 is 23.6 Å². The van der Waals surface area contributed by atoms with Crippen molar-refractivity contribution in [3.8, 4) is 0 Å². The summed E-state index contributed by atoms with van der Waals surface area (Å²) in [5.41, 5.74) is 0. The van der Waals surface area contributed by atoms with Gasteiger partial charge in [0.25, 0.3) is 0 Å². The highest BCUT2D eigenvalue weighted by Crippen LogP contribution is 2.32. The lowest BCUT2D eigenvalue weighted by Crippen LogP contribution is -2.59. The van der Waals surface area contributed by atoms with Crippen molar-refractivity contribution in [3.05, 3.63) is 0 Å². The molecule has 0 radical (unpaired) electrons. The third-order valence-corrected chi connectivity index (χ3v) is 6.88. The highest BCUT2D eigenvalue weighted by Gasteiger charge is 2.39. The van der Waals surface area contributed by atoms with Gasteiger partial charge in [-0.05, 0) is 18.8 Å². The monoisotopic (exact) mass is 367 g/mol. The van der Waals surface area contributed by atoms with Gasteiger partial charge in [0, 0.05) is 56.7 Å². The molecule has 1 aliphatic carbocycles. The SMILES string of the molecule is CC(C)C(=O)N1CCN(C(C(=O)N2CCSCC2)C2CCCC2)CC1. The molecule has 3 rings (SSSR count). The molecule has 1 unspecified atom stereocenters. The largest absolute Gasteiger partial charge is 0.340 e. The van der Waals surface area contributed by atoms with Crippen LogP contribution in [0, 0.1) is 11.8 Å². The lowest BCUT2D eigenvalue weighted by molar-refractivity contribution is -0.142. The maximum absolute atomic E-state index is 13.3. The summed E-state index contributed by atoms with van der Waals surface area (Å²) in [6.07, 6.45) is 4.89. The van der Waals surface area contributed by atoms with Crippen molar-refractivity contribution in [2.24, 2.45) is 11.8 Å². The summed E-state index contributed by atoms with van der Waals surface area (Å²) >= 11 is 1.95. The van der Waals surface area contributed by atoms with Crippen LogP contribution in [0.5, 0.6) is 0 Å². The third kappa shape index (κ3) is 4.51. The Morgan fingerprint density at radius 1 is 0.840 bits per heavy atom. The summed E-state index contributed by atoms with van der Waals surface area (Å²) in [6, 6.07) is 0.0434. The predicted molar refractivity (Wildman–Crippen MR) is 103 cm³/mol. The molecule has 6 heteroatoms. The quantitative estimate of drug-likeness (QED) is 0.761. The van der Waals surface area contributed by atoms with E-state index in [1.165, 1.54) is 25.7 Å². The zero-order valence-corrected chi connectivity index (χ0v) is 16.6. The van der Waals surface area contributed by atoms with Crippen molar-refractivity contribution in [1.29, 1.82) is 0 Å². The van der Waals surface area contributed by atoms with Crippen LogP contribution in [-0.2, 0) is 9.59 Å². The molecule has 0 aromatic heterocycles. The summed E-state index contributed by atoms with van der Waals surface area (Å²) in [5.74, 6) is 3.31. The lowest BCUT2D eigenvalue weighted by Gasteiger charge is -2.43. The van der Waals surface area contributed by atoms with Crippen LogP contribution in [0.3, 0.4) is 0 Å². The molecular formula is C19H33N3O2S. The highest BCUT2D eigenvalue weighted by molar-refractivity contribution is 7.99. The van der Waals surface area contributed by atoms with Gasteiger partial charge in [-0.1, -0.05) is 26.7 Å². The average Bonchev–Trinajstić information content (AvgIpc) is 3.16. The molecule has 3 aliphatic rings. The predicted octanol–water partition coefficient (Wildman–Crippen LogP) is 1.92. The molecule has 142 valence electrons. The van der Waals surface area contributed by atoms with E-state index in [4.69, 9.17) is 0 Å². The third-order valence-electron chi connectivity index (χ3n) is 5.94. The number of carbonyl (C=O) groups excluding carboxylic acids is 2. The molecule has 0 bridgehead atoms. The molecule has 2 amide bonds. The highest BCUT2D eigenvalue weighted by atomic mass is 32.2. The number of rotatable bonds is 4. The Bertz CT molecular complexity index is 465. The van der Waals surface area contributed by atoms with E-state index < -0.39 is 0 Å². The minimum Gasteiger partial charge on any atom is -0.340 e. The first kappa shape index (κ1) is 19.0. The zero-order valence-electron chi connectivity index (χ0n) is 15.8. The average molecular weight is 368 g/mol. The van der Waals surface area contributed by atoms with Crippen LogP contribution >= 0.6 is 11.8 Å². The Labute approximate surface area is 156 Å². The van der Waals surface area contributed by atoms with Crippen LogP contribution in [0.4, 0.5) is 0 Å². The van der Waals surface area contributed by atoms with E-state index in [0.717, 1.165) is 50.8 Å². The van der Waals surface area contributed by atoms with Gasteiger partial charge in [-0.3, -0.25) is 14.5 Å². The van der Waals surface area contributed by atoms with Crippen molar-refractivity contribution in [3.63, 3.8) is 0 Å². The molecule has 0 N–H and O–H groups in total.